The predicted molar refractivity (Wildman–Crippen MR) is 52.1 cm³/mol. The van der Waals surface area contributed by atoms with Crippen LogP contribution in [0.15, 0.2) is 18.2 Å². The Kier molecular flexibility index (Phi) is 2.15. The predicted octanol–water partition coefficient (Wildman–Crippen LogP) is 1.89. The molecule has 0 aliphatic carbocycles. The van der Waals surface area contributed by atoms with Gasteiger partial charge in [0, 0.05) is 11.5 Å². The van der Waals surface area contributed by atoms with Gasteiger partial charge in [-0.1, -0.05) is 0 Å². The normalized spacial score (nSPS) is 12.9. The van der Waals surface area contributed by atoms with E-state index in [-0.39, 0.29) is 5.82 Å². The molecule has 0 saturated carbocycles. The molecule has 78 valence electrons. The standard InChI is InChI=1S/C10H9FN2O2/c1-5(10(14)15)9-7-3-2-6(11)4-8(7)12-13-9/h2-5H,1H3,(H,12,13)(H,14,15). The fraction of sp³-hybridized carbons (Fsp3) is 0.200. The van der Waals surface area contributed by atoms with Gasteiger partial charge < -0.3 is 5.11 Å². The van der Waals surface area contributed by atoms with Crippen molar-refractivity contribution in [1.29, 1.82) is 0 Å². The Hall–Kier alpha value is -1.91. The summed E-state index contributed by atoms with van der Waals surface area (Å²) < 4.78 is 12.8. The number of hydrogen-bond donors (Lipinski definition) is 2. The van der Waals surface area contributed by atoms with Crippen molar-refractivity contribution in [3.05, 3.63) is 29.7 Å². The van der Waals surface area contributed by atoms with Crippen molar-refractivity contribution in [1.82, 2.24) is 10.2 Å². The molecule has 0 bridgehead atoms. The van der Waals surface area contributed by atoms with Gasteiger partial charge in [0.2, 0.25) is 0 Å². The lowest BCUT2D eigenvalue weighted by Crippen LogP contribution is -2.08. The van der Waals surface area contributed by atoms with Gasteiger partial charge in [-0.2, -0.15) is 5.10 Å². The second-order valence-electron chi connectivity index (χ2n) is 3.36. The molecule has 0 radical (unpaired) electrons. The van der Waals surface area contributed by atoms with E-state index in [1.807, 2.05) is 0 Å². The summed E-state index contributed by atoms with van der Waals surface area (Å²) in [5, 5.41) is 16.0. The summed E-state index contributed by atoms with van der Waals surface area (Å²) >= 11 is 0. The molecule has 4 nitrogen and oxygen atoms in total. The summed E-state index contributed by atoms with van der Waals surface area (Å²) in [6.45, 7) is 1.55. The summed E-state index contributed by atoms with van der Waals surface area (Å²) in [6, 6.07) is 4.09. The van der Waals surface area contributed by atoms with Crippen LogP contribution in [-0.4, -0.2) is 21.3 Å². The van der Waals surface area contributed by atoms with Crippen LogP contribution < -0.4 is 0 Å². The maximum absolute atomic E-state index is 12.8. The third kappa shape index (κ3) is 1.56. The molecule has 0 saturated heterocycles. The third-order valence-electron chi connectivity index (χ3n) is 2.35. The van der Waals surface area contributed by atoms with Gasteiger partial charge in [0.1, 0.15) is 5.82 Å². The highest BCUT2D eigenvalue weighted by Crippen LogP contribution is 2.23. The molecule has 0 aliphatic heterocycles. The molecule has 5 heteroatoms. The molecule has 1 heterocycles. The lowest BCUT2D eigenvalue weighted by atomic mass is 10.0. The lowest BCUT2D eigenvalue weighted by Gasteiger charge is -2.02. The zero-order valence-corrected chi connectivity index (χ0v) is 7.99. The van der Waals surface area contributed by atoms with Crippen LogP contribution in [0.1, 0.15) is 18.5 Å². The van der Waals surface area contributed by atoms with Crippen molar-refractivity contribution in [3.8, 4) is 0 Å². The maximum atomic E-state index is 12.8. The Balaban J connectivity index is 2.59. The summed E-state index contributed by atoms with van der Waals surface area (Å²) in [5.41, 5.74) is 0.940. The number of aromatic amines is 1. The Morgan fingerprint density at radius 1 is 1.60 bits per heavy atom. The second-order valence-corrected chi connectivity index (χ2v) is 3.36. The number of carbonyl (C=O) groups is 1. The molecular formula is C10H9FN2O2. The average Bonchev–Trinajstić information content (AvgIpc) is 2.59. The van der Waals surface area contributed by atoms with E-state index < -0.39 is 11.9 Å². The van der Waals surface area contributed by atoms with Crippen molar-refractivity contribution in [2.75, 3.05) is 0 Å². The zero-order valence-electron chi connectivity index (χ0n) is 7.99. The Labute approximate surface area is 84.7 Å². The highest BCUT2D eigenvalue weighted by molar-refractivity contribution is 5.87. The van der Waals surface area contributed by atoms with E-state index in [0.29, 0.717) is 16.6 Å². The first-order valence-electron chi connectivity index (χ1n) is 4.46. The summed E-state index contributed by atoms with van der Waals surface area (Å²) in [6.07, 6.45) is 0. The van der Waals surface area contributed by atoms with Gasteiger partial charge in [0.25, 0.3) is 0 Å². The minimum absolute atomic E-state index is 0.386. The minimum atomic E-state index is -0.940. The molecule has 0 fully saturated rings. The monoisotopic (exact) mass is 208 g/mol. The van der Waals surface area contributed by atoms with Crippen molar-refractivity contribution < 1.29 is 14.3 Å². The third-order valence-corrected chi connectivity index (χ3v) is 2.35. The van der Waals surface area contributed by atoms with E-state index in [1.165, 1.54) is 18.2 Å². The highest BCUT2D eigenvalue weighted by Gasteiger charge is 2.18. The van der Waals surface area contributed by atoms with Crippen LogP contribution in [0.2, 0.25) is 0 Å². The fourth-order valence-electron chi connectivity index (χ4n) is 1.46. The first-order valence-corrected chi connectivity index (χ1v) is 4.46. The van der Waals surface area contributed by atoms with Crippen LogP contribution in [0.25, 0.3) is 10.9 Å². The highest BCUT2D eigenvalue weighted by atomic mass is 19.1. The number of nitrogens with one attached hydrogen (secondary N) is 1. The van der Waals surface area contributed by atoms with Crippen LogP contribution in [-0.2, 0) is 4.79 Å². The Morgan fingerprint density at radius 2 is 2.33 bits per heavy atom. The average molecular weight is 208 g/mol. The number of H-pyrrole nitrogens is 1. The first kappa shape index (κ1) is 9.64. The van der Waals surface area contributed by atoms with E-state index in [2.05, 4.69) is 10.2 Å². The molecule has 1 atom stereocenters. The molecule has 1 aromatic heterocycles. The van der Waals surface area contributed by atoms with Crippen LogP contribution in [0.4, 0.5) is 4.39 Å². The van der Waals surface area contributed by atoms with Gasteiger partial charge in [-0.05, 0) is 19.1 Å². The van der Waals surface area contributed by atoms with Gasteiger partial charge in [-0.25, -0.2) is 4.39 Å². The van der Waals surface area contributed by atoms with Gasteiger partial charge in [0.15, 0.2) is 0 Å². The number of hydrogen-bond acceptors (Lipinski definition) is 2. The van der Waals surface area contributed by atoms with E-state index in [9.17, 15) is 9.18 Å². The number of aromatic nitrogens is 2. The van der Waals surface area contributed by atoms with Gasteiger partial charge in [-0.15, -0.1) is 0 Å². The fourth-order valence-corrected chi connectivity index (χ4v) is 1.46. The van der Waals surface area contributed by atoms with Gasteiger partial charge >= 0.3 is 5.97 Å². The molecule has 2 N–H and O–H groups in total. The molecule has 0 aliphatic rings. The van der Waals surface area contributed by atoms with Crippen molar-refractivity contribution in [2.45, 2.75) is 12.8 Å². The lowest BCUT2D eigenvalue weighted by molar-refractivity contribution is -0.138. The molecule has 0 amide bonds. The maximum Gasteiger partial charge on any atom is 0.312 e. The summed E-state index contributed by atoms with van der Waals surface area (Å²) in [7, 11) is 0. The topological polar surface area (TPSA) is 66.0 Å². The number of aliphatic carboxylic acids is 1. The Morgan fingerprint density at radius 3 is 3.00 bits per heavy atom. The number of carboxylic acid groups (broad SMARTS) is 1. The van der Waals surface area contributed by atoms with E-state index >= 15 is 0 Å². The summed E-state index contributed by atoms with van der Waals surface area (Å²) in [4.78, 5) is 10.8. The number of carboxylic acids is 1. The van der Waals surface area contributed by atoms with Crippen LogP contribution >= 0.6 is 0 Å². The molecule has 1 unspecified atom stereocenters. The van der Waals surface area contributed by atoms with Gasteiger partial charge in [-0.3, -0.25) is 9.89 Å². The molecule has 2 rings (SSSR count). The quantitative estimate of drug-likeness (QED) is 0.791. The number of benzene rings is 1. The number of nitrogens with zero attached hydrogens (tertiary/aromatic N) is 1. The molecule has 2 aromatic rings. The molecule has 15 heavy (non-hydrogen) atoms. The minimum Gasteiger partial charge on any atom is -0.481 e. The SMILES string of the molecule is CC(C(=O)O)c1[nH]nc2cc(F)ccc12. The van der Waals surface area contributed by atoms with E-state index in [4.69, 9.17) is 5.11 Å². The molecular weight excluding hydrogens is 199 g/mol. The molecule has 0 spiro atoms. The van der Waals surface area contributed by atoms with Crippen molar-refractivity contribution >= 4 is 16.9 Å². The largest absolute Gasteiger partial charge is 0.481 e. The second kappa shape index (κ2) is 3.34. The van der Waals surface area contributed by atoms with E-state index in [0.717, 1.165) is 0 Å². The zero-order chi connectivity index (χ0) is 11.0. The van der Waals surface area contributed by atoms with Gasteiger partial charge in [0.05, 0.1) is 17.1 Å². The van der Waals surface area contributed by atoms with E-state index in [1.54, 1.807) is 6.92 Å². The summed E-state index contributed by atoms with van der Waals surface area (Å²) in [5.74, 6) is -2.01. The number of rotatable bonds is 2. The number of fused-ring (bicyclic) bond motifs is 1. The van der Waals surface area contributed by atoms with Crippen LogP contribution in [0.5, 0.6) is 0 Å². The van der Waals surface area contributed by atoms with Crippen molar-refractivity contribution in [2.24, 2.45) is 0 Å². The molecule has 1 aromatic carbocycles. The smallest absolute Gasteiger partial charge is 0.312 e. The number of halogens is 1. The Bertz CT molecular complexity index is 521. The van der Waals surface area contributed by atoms with Crippen molar-refractivity contribution in [3.63, 3.8) is 0 Å². The van der Waals surface area contributed by atoms with Crippen LogP contribution in [0, 0.1) is 5.82 Å². The van der Waals surface area contributed by atoms with Crippen LogP contribution in [0.3, 0.4) is 0 Å². The first-order chi connectivity index (χ1) is 7.09.